The molecule has 4 aromatic rings. The third-order valence-corrected chi connectivity index (χ3v) is 5.98. The zero-order valence-corrected chi connectivity index (χ0v) is 18.1. The van der Waals surface area contributed by atoms with Crippen molar-refractivity contribution < 1.29 is 4.79 Å². The van der Waals surface area contributed by atoms with Crippen LogP contribution >= 0.6 is 0 Å². The summed E-state index contributed by atoms with van der Waals surface area (Å²) in [5.74, 6) is 1.29. The van der Waals surface area contributed by atoms with Crippen LogP contribution in [-0.2, 0) is 18.3 Å². The van der Waals surface area contributed by atoms with Gasteiger partial charge in [-0.3, -0.25) is 4.79 Å². The molecule has 1 fully saturated rings. The molecule has 2 aromatic heterocycles. The van der Waals surface area contributed by atoms with Gasteiger partial charge in [-0.2, -0.15) is 0 Å². The number of aromatic nitrogens is 3. The average Bonchev–Trinajstić information content (AvgIpc) is 3.15. The maximum atomic E-state index is 12.7. The van der Waals surface area contributed by atoms with Gasteiger partial charge in [-0.05, 0) is 23.8 Å². The number of rotatable bonds is 5. The Balaban J connectivity index is 1.23. The second-order valence-electron chi connectivity index (χ2n) is 8.08. The Morgan fingerprint density at radius 2 is 1.66 bits per heavy atom. The summed E-state index contributed by atoms with van der Waals surface area (Å²) in [5, 5.41) is 4.04. The zero-order chi connectivity index (χ0) is 21.9. The van der Waals surface area contributed by atoms with E-state index in [0.717, 1.165) is 48.5 Å². The Morgan fingerprint density at radius 1 is 0.938 bits per heavy atom. The first-order valence-electron chi connectivity index (χ1n) is 10.9. The molecule has 1 N–H and O–H groups in total. The lowest BCUT2D eigenvalue weighted by molar-refractivity contribution is -0.115. The standard InChI is InChI=1S/C25H26N6O/c1-29-17-19(21-9-5-6-10-22(21)29)15-25(32)28-23-16-24(27-18-26-23)31-13-11-30(12-14-31)20-7-3-2-4-8-20/h2-10,16-18H,11-15H2,1H3,(H,26,27,28,32). The largest absolute Gasteiger partial charge is 0.368 e. The molecule has 7 heteroatoms. The SMILES string of the molecule is Cn1cc(CC(=O)Nc2cc(N3CCN(c4ccccc4)CC3)ncn2)c2ccccc21. The van der Waals surface area contributed by atoms with E-state index in [4.69, 9.17) is 0 Å². The van der Waals surface area contributed by atoms with Crippen molar-refractivity contribution in [1.82, 2.24) is 14.5 Å². The first kappa shape index (κ1) is 20.1. The molecule has 2 aromatic carbocycles. The van der Waals surface area contributed by atoms with E-state index in [0.29, 0.717) is 12.2 Å². The molecule has 0 unspecified atom stereocenters. The molecule has 162 valence electrons. The van der Waals surface area contributed by atoms with Crippen molar-refractivity contribution in [2.75, 3.05) is 41.3 Å². The van der Waals surface area contributed by atoms with E-state index in [9.17, 15) is 4.79 Å². The van der Waals surface area contributed by atoms with Gasteiger partial charge < -0.3 is 19.7 Å². The molecule has 0 radical (unpaired) electrons. The molecular formula is C25H26N6O. The highest BCUT2D eigenvalue weighted by Gasteiger charge is 2.19. The Bertz CT molecular complexity index is 1230. The first-order chi connectivity index (χ1) is 15.7. The van der Waals surface area contributed by atoms with Crippen LogP contribution in [0.4, 0.5) is 17.3 Å². The number of para-hydroxylation sites is 2. The van der Waals surface area contributed by atoms with Crippen LogP contribution in [0.1, 0.15) is 5.56 Å². The summed E-state index contributed by atoms with van der Waals surface area (Å²) in [5.41, 5.74) is 3.37. The molecular weight excluding hydrogens is 400 g/mol. The number of piperazine rings is 1. The molecule has 7 nitrogen and oxygen atoms in total. The minimum Gasteiger partial charge on any atom is -0.368 e. The maximum absolute atomic E-state index is 12.7. The van der Waals surface area contributed by atoms with Gasteiger partial charge in [0.1, 0.15) is 18.0 Å². The Kier molecular flexibility index (Phi) is 5.46. The summed E-state index contributed by atoms with van der Waals surface area (Å²) in [7, 11) is 2.00. The van der Waals surface area contributed by atoms with Crippen LogP contribution in [0.2, 0.25) is 0 Å². The van der Waals surface area contributed by atoms with E-state index >= 15 is 0 Å². The normalized spacial score (nSPS) is 14.0. The molecule has 5 rings (SSSR count). The summed E-state index contributed by atoms with van der Waals surface area (Å²) >= 11 is 0. The maximum Gasteiger partial charge on any atom is 0.230 e. The van der Waals surface area contributed by atoms with Crippen molar-refractivity contribution >= 4 is 34.1 Å². The van der Waals surface area contributed by atoms with Gasteiger partial charge in [0, 0.05) is 62.1 Å². The number of hydrogen-bond donors (Lipinski definition) is 1. The Morgan fingerprint density at radius 3 is 2.47 bits per heavy atom. The van der Waals surface area contributed by atoms with Crippen molar-refractivity contribution in [3.63, 3.8) is 0 Å². The topological polar surface area (TPSA) is 66.3 Å². The highest BCUT2D eigenvalue weighted by Crippen LogP contribution is 2.22. The summed E-state index contributed by atoms with van der Waals surface area (Å²) in [6, 6.07) is 20.4. The van der Waals surface area contributed by atoms with Crippen LogP contribution in [0, 0.1) is 0 Å². The number of nitrogens with zero attached hydrogens (tertiary/aromatic N) is 5. The summed E-state index contributed by atoms with van der Waals surface area (Å²) in [4.78, 5) is 26.0. The van der Waals surface area contributed by atoms with Crippen molar-refractivity contribution in [1.29, 1.82) is 0 Å². The minimum absolute atomic E-state index is 0.0834. The van der Waals surface area contributed by atoms with Crippen molar-refractivity contribution in [2.45, 2.75) is 6.42 Å². The third kappa shape index (κ3) is 4.14. The Labute approximate surface area is 187 Å². The third-order valence-electron chi connectivity index (χ3n) is 5.98. The van der Waals surface area contributed by atoms with Crippen LogP contribution in [-0.4, -0.2) is 46.6 Å². The molecule has 0 aliphatic carbocycles. The van der Waals surface area contributed by atoms with Gasteiger partial charge in [0.15, 0.2) is 0 Å². The highest BCUT2D eigenvalue weighted by molar-refractivity contribution is 5.95. The fourth-order valence-electron chi connectivity index (χ4n) is 4.35. The lowest BCUT2D eigenvalue weighted by Crippen LogP contribution is -2.46. The molecule has 0 atom stereocenters. The number of carbonyl (C=O) groups is 1. The summed E-state index contributed by atoms with van der Waals surface area (Å²) < 4.78 is 2.05. The van der Waals surface area contributed by atoms with Crippen LogP contribution in [0.15, 0.2) is 73.2 Å². The fraction of sp³-hybridized carbons (Fsp3) is 0.240. The van der Waals surface area contributed by atoms with Crippen molar-refractivity contribution in [3.05, 3.63) is 78.8 Å². The van der Waals surface area contributed by atoms with E-state index in [2.05, 4.69) is 66.0 Å². The molecule has 1 aliphatic heterocycles. The predicted octanol–water partition coefficient (Wildman–Crippen LogP) is 3.48. The number of hydrogen-bond acceptors (Lipinski definition) is 5. The van der Waals surface area contributed by atoms with Crippen molar-refractivity contribution in [2.24, 2.45) is 7.05 Å². The first-order valence-corrected chi connectivity index (χ1v) is 10.9. The van der Waals surface area contributed by atoms with Gasteiger partial charge in [-0.1, -0.05) is 36.4 Å². The van der Waals surface area contributed by atoms with Gasteiger partial charge in [-0.25, -0.2) is 9.97 Å². The Hall–Kier alpha value is -3.87. The molecule has 0 spiro atoms. The number of nitrogens with one attached hydrogen (secondary N) is 1. The lowest BCUT2D eigenvalue weighted by atomic mass is 10.1. The van der Waals surface area contributed by atoms with Crippen molar-refractivity contribution in [3.8, 4) is 0 Å². The second kappa shape index (κ2) is 8.70. The number of benzene rings is 2. The number of fused-ring (bicyclic) bond motifs is 1. The molecule has 1 aliphatic rings. The monoisotopic (exact) mass is 426 g/mol. The molecule has 1 amide bonds. The van der Waals surface area contributed by atoms with Crippen LogP contribution in [0.25, 0.3) is 10.9 Å². The van der Waals surface area contributed by atoms with Gasteiger partial charge >= 0.3 is 0 Å². The zero-order valence-electron chi connectivity index (χ0n) is 18.1. The minimum atomic E-state index is -0.0834. The van der Waals surface area contributed by atoms with E-state index < -0.39 is 0 Å². The molecule has 0 bridgehead atoms. The highest BCUT2D eigenvalue weighted by atomic mass is 16.1. The quantitative estimate of drug-likeness (QED) is 0.529. The smallest absolute Gasteiger partial charge is 0.230 e. The lowest BCUT2D eigenvalue weighted by Gasteiger charge is -2.36. The van der Waals surface area contributed by atoms with E-state index in [-0.39, 0.29) is 5.91 Å². The van der Waals surface area contributed by atoms with Gasteiger partial charge in [0.2, 0.25) is 5.91 Å². The summed E-state index contributed by atoms with van der Waals surface area (Å²) in [6.07, 6.45) is 3.84. The number of anilines is 3. The molecule has 0 saturated carbocycles. The second-order valence-corrected chi connectivity index (χ2v) is 8.08. The number of amides is 1. The fourth-order valence-corrected chi connectivity index (χ4v) is 4.35. The number of carbonyl (C=O) groups excluding carboxylic acids is 1. The van der Waals surface area contributed by atoms with Gasteiger partial charge in [0.05, 0.1) is 6.42 Å². The van der Waals surface area contributed by atoms with Gasteiger partial charge in [-0.15, -0.1) is 0 Å². The van der Waals surface area contributed by atoms with Gasteiger partial charge in [0.25, 0.3) is 0 Å². The van der Waals surface area contributed by atoms with Crippen LogP contribution in [0.3, 0.4) is 0 Å². The van der Waals surface area contributed by atoms with E-state index in [1.807, 2.05) is 37.5 Å². The predicted molar refractivity (Wildman–Crippen MR) is 128 cm³/mol. The molecule has 1 saturated heterocycles. The van der Waals surface area contributed by atoms with E-state index in [1.54, 1.807) is 0 Å². The van der Waals surface area contributed by atoms with Crippen LogP contribution in [0.5, 0.6) is 0 Å². The molecule has 3 heterocycles. The summed E-state index contributed by atoms with van der Waals surface area (Å²) in [6.45, 7) is 3.60. The molecule has 32 heavy (non-hydrogen) atoms. The van der Waals surface area contributed by atoms with E-state index in [1.165, 1.54) is 12.0 Å². The number of aryl methyl sites for hydroxylation is 1. The van der Waals surface area contributed by atoms with Crippen LogP contribution < -0.4 is 15.1 Å². The average molecular weight is 427 g/mol.